The Morgan fingerprint density at radius 2 is 1.91 bits per heavy atom. The molecule has 120 valence electrons. The molecule has 1 amide bonds. The minimum atomic E-state index is -1.82. The maximum Gasteiger partial charge on any atom is 0.414 e. The Morgan fingerprint density at radius 3 is 2.41 bits per heavy atom. The van der Waals surface area contributed by atoms with Crippen molar-refractivity contribution in [3.63, 3.8) is 0 Å². The largest absolute Gasteiger partial charge is 0.473 e. The molecule has 0 atom stereocenters. The standard InChI is InChI=1S/C10H14N4O2.C2H2O4/c1-7(15)11-10-9(12-16-13-10)8-4-3-5-14(2)6-8;3-1(4)2(5)6/h4H,3,5-6H2,1-2H3,(H,11,13,15);(H,3,4)(H,5,6). The van der Waals surface area contributed by atoms with Gasteiger partial charge in [-0.1, -0.05) is 6.08 Å². The molecule has 1 aromatic heterocycles. The molecular formula is C12H16N4O6. The molecule has 0 spiro atoms. The molecule has 0 saturated carbocycles. The lowest BCUT2D eigenvalue weighted by Crippen LogP contribution is -2.25. The lowest BCUT2D eigenvalue weighted by atomic mass is 10.1. The zero-order valence-corrected chi connectivity index (χ0v) is 12.1. The van der Waals surface area contributed by atoms with Gasteiger partial charge in [-0.3, -0.25) is 4.79 Å². The number of hydrogen-bond donors (Lipinski definition) is 3. The van der Waals surface area contributed by atoms with Gasteiger partial charge in [-0.05, 0) is 29.4 Å². The molecule has 0 saturated heterocycles. The highest BCUT2D eigenvalue weighted by atomic mass is 16.6. The smallest absolute Gasteiger partial charge is 0.414 e. The summed E-state index contributed by atoms with van der Waals surface area (Å²) in [5, 5.41) is 24.9. The van der Waals surface area contributed by atoms with Crippen LogP contribution in [0.5, 0.6) is 0 Å². The van der Waals surface area contributed by atoms with Crippen LogP contribution in [0.15, 0.2) is 10.7 Å². The summed E-state index contributed by atoms with van der Waals surface area (Å²) in [6.45, 7) is 3.25. The fraction of sp³-hybridized carbons (Fsp3) is 0.417. The van der Waals surface area contributed by atoms with Crippen molar-refractivity contribution in [2.24, 2.45) is 0 Å². The van der Waals surface area contributed by atoms with E-state index < -0.39 is 11.9 Å². The minimum absolute atomic E-state index is 0.179. The monoisotopic (exact) mass is 312 g/mol. The molecule has 1 aliphatic heterocycles. The number of carbonyl (C=O) groups excluding carboxylic acids is 1. The lowest BCUT2D eigenvalue weighted by molar-refractivity contribution is -0.159. The van der Waals surface area contributed by atoms with E-state index >= 15 is 0 Å². The van der Waals surface area contributed by atoms with Gasteiger partial charge in [0.2, 0.25) is 11.7 Å². The Balaban J connectivity index is 0.000000346. The van der Waals surface area contributed by atoms with Crippen LogP contribution in [0.25, 0.3) is 5.57 Å². The number of nitrogens with zero attached hydrogens (tertiary/aromatic N) is 3. The molecule has 0 bridgehead atoms. The number of carboxylic acids is 2. The van der Waals surface area contributed by atoms with E-state index in [1.165, 1.54) is 6.92 Å². The second-order valence-electron chi connectivity index (χ2n) is 4.51. The molecule has 0 unspecified atom stereocenters. The van der Waals surface area contributed by atoms with Crippen molar-refractivity contribution in [1.29, 1.82) is 0 Å². The highest BCUT2D eigenvalue weighted by Crippen LogP contribution is 2.23. The van der Waals surface area contributed by atoms with E-state index in [-0.39, 0.29) is 5.91 Å². The third-order valence-corrected chi connectivity index (χ3v) is 2.61. The average molecular weight is 312 g/mol. The molecule has 0 aliphatic carbocycles. The molecule has 22 heavy (non-hydrogen) atoms. The van der Waals surface area contributed by atoms with Gasteiger partial charge >= 0.3 is 11.9 Å². The molecule has 2 heterocycles. The highest BCUT2D eigenvalue weighted by Gasteiger charge is 2.19. The number of rotatable bonds is 2. The van der Waals surface area contributed by atoms with Crippen LogP contribution in [0.3, 0.4) is 0 Å². The van der Waals surface area contributed by atoms with Gasteiger partial charge in [-0.15, -0.1) is 0 Å². The van der Waals surface area contributed by atoms with Gasteiger partial charge in [0.25, 0.3) is 0 Å². The van der Waals surface area contributed by atoms with Gasteiger partial charge < -0.3 is 20.4 Å². The maximum atomic E-state index is 11.0. The van der Waals surface area contributed by atoms with E-state index in [1.54, 1.807) is 0 Å². The van der Waals surface area contributed by atoms with Crippen molar-refractivity contribution < 1.29 is 29.2 Å². The third-order valence-electron chi connectivity index (χ3n) is 2.61. The van der Waals surface area contributed by atoms with Gasteiger partial charge in [0.1, 0.15) is 0 Å². The lowest BCUT2D eigenvalue weighted by Gasteiger charge is -2.21. The van der Waals surface area contributed by atoms with Crippen LogP contribution in [0.2, 0.25) is 0 Å². The summed E-state index contributed by atoms with van der Waals surface area (Å²) in [5.74, 6) is -3.43. The Morgan fingerprint density at radius 1 is 1.27 bits per heavy atom. The molecular weight excluding hydrogens is 296 g/mol. The van der Waals surface area contributed by atoms with Crippen LogP contribution in [-0.4, -0.2) is 63.4 Å². The Labute approximate surface area is 125 Å². The van der Waals surface area contributed by atoms with Crippen molar-refractivity contribution in [2.45, 2.75) is 13.3 Å². The van der Waals surface area contributed by atoms with E-state index in [1.807, 2.05) is 7.05 Å². The minimum Gasteiger partial charge on any atom is -0.473 e. The van der Waals surface area contributed by atoms with Crippen LogP contribution >= 0.6 is 0 Å². The summed E-state index contributed by atoms with van der Waals surface area (Å²) in [7, 11) is 2.04. The topological polar surface area (TPSA) is 146 Å². The summed E-state index contributed by atoms with van der Waals surface area (Å²) >= 11 is 0. The molecule has 1 aliphatic rings. The van der Waals surface area contributed by atoms with E-state index in [4.69, 9.17) is 19.8 Å². The Kier molecular flexibility index (Phi) is 6.20. The molecule has 10 heteroatoms. The van der Waals surface area contributed by atoms with Crippen molar-refractivity contribution in [3.8, 4) is 0 Å². The predicted octanol–water partition coefficient (Wildman–Crippen LogP) is -0.0975. The molecule has 3 N–H and O–H groups in total. The van der Waals surface area contributed by atoms with E-state index in [0.717, 1.165) is 25.1 Å². The van der Waals surface area contributed by atoms with Crippen LogP contribution < -0.4 is 5.32 Å². The third kappa shape index (κ3) is 5.32. The van der Waals surface area contributed by atoms with Crippen LogP contribution in [0.1, 0.15) is 19.0 Å². The number of anilines is 1. The maximum absolute atomic E-state index is 11.0. The van der Waals surface area contributed by atoms with Crippen LogP contribution in [0.4, 0.5) is 5.82 Å². The predicted molar refractivity (Wildman–Crippen MR) is 74.0 cm³/mol. The second-order valence-corrected chi connectivity index (χ2v) is 4.51. The zero-order valence-electron chi connectivity index (χ0n) is 12.1. The van der Waals surface area contributed by atoms with Gasteiger partial charge in [-0.2, -0.15) is 0 Å². The highest BCUT2D eigenvalue weighted by molar-refractivity contribution is 6.27. The van der Waals surface area contributed by atoms with E-state index in [2.05, 4.69) is 31.2 Å². The summed E-state index contributed by atoms with van der Waals surface area (Å²) < 4.78 is 4.66. The summed E-state index contributed by atoms with van der Waals surface area (Å²) in [6.07, 6.45) is 3.07. The first-order chi connectivity index (χ1) is 10.3. The SMILES string of the molecule is CC(=O)Nc1nonc1C1=CCCN(C)C1.O=C(O)C(=O)O. The van der Waals surface area contributed by atoms with Gasteiger partial charge in [0.05, 0.1) is 0 Å². The number of likely N-dealkylation sites (N-methyl/N-ethyl adjacent to an activating group) is 1. The Bertz CT molecular complexity index is 582. The number of aromatic nitrogens is 2. The molecule has 0 aromatic carbocycles. The number of amides is 1. The molecule has 1 aromatic rings. The van der Waals surface area contributed by atoms with Gasteiger partial charge in [0.15, 0.2) is 5.69 Å². The van der Waals surface area contributed by atoms with Crippen molar-refractivity contribution in [2.75, 3.05) is 25.5 Å². The second kappa shape index (κ2) is 7.88. The first-order valence-corrected chi connectivity index (χ1v) is 6.25. The van der Waals surface area contributed by atoms with Crippen molar-refractivity contribution in [1.82, 2.24) is 15.2 Å². The van der Waals surface area contributed by atoms with Crippen molar-refractivity contribution in [3.05, 3.63) is 11.8 Å². The van der Waals surface area contributed by atoms with Gasteiger partial charge in [-0.25, -0.2) is 14.2 Å². The average Bonchev–Trinajstić information content (AvgIpc) is 2.86. The fourth-order valence-electron chi connectivity index (χ4n) is 1.71. The summed E-state index contributed by atoms with van der Waals surface area (Å²) in [4.78, 5) is 31.3. The number of aliphatic carboxylic acids is 2. The van der Waals surface area contributed by atoms with Crippen LogP contribution in [0, 0.1) is 0 Å². The van der Waals surface area contributed by atoms with Crippen molar-refractivity contribution >= 4 is 29.2 Å². The summed E-state index contributed by atoms with van der Waals surface area (Å²) in [6, 6.07) is 0. The fourth-order valence-corrected chi connectivity index (χ4v) is 1.71. The number of nitrogens with one attached hydrogen (secondary N) is 1. The van der Waals surface area contributed by atoms with Gasteiger partial charge in [0, 0.05) is 20.0 Å². The van der Waals surface area contributed by atoms with E-state index in [0.29, 0.717) is 11.5 Å². The normalized spacial score (nSPS) is 14.4. The molecule has 0 radical (unpaired) electrons. The number of carbonyl (C=O) groups is 3. The molecule has 10 nitrogen and oxygen atoms in total. The van der Waals surface area contributed by atoms with Crippen LogP contribution in [-0.2, 0) is 14.4 Å². The number of carboxylic acid groups (broad SMARTS) is 2. The quantitative estimate of drug-likeness (QED) is 0.637. The first kappa shape index (κ1) is 17.3. The molecule has 2 rings (SSSR count). The number of hydrogen-bond acceptors (Lipinski definition) is 7. The first-order valence-electron chi connectivity index (χ1n) is 6.25. The van der Waals surface area contributed by atoms with E-state index in [9.17, 15) is 4.79 Å². The molecule has 0 fully saturated rings. The Hall–Kier alpha value is -2.75. The zero-order chi connectivity index (χ0) is 16.7. The summed E-state index contributed by atoms with van der Waals surface area (Å²) in [5.41, 5.74) is 1.67.